The number of rotatable bonds is 2. The lowest BCUT2D eigenvalue weighted by Crippen LogP contribution is -2.31. The van der Waals surface area contributed by atoms with Gasteiger partial charge in [0.15, 0.2) is 11.6 Å². The predicted octanol–water partition coefficient (Wildman–Crippen LogP) is 2.39. The number of anilines is 2. The number of aromatic nitrogens is 2. The Balaban J connectivity index is 1.55. The molecule has 0 radical (unpaired) electrons. The van der Waals surface area contributed by atoms with Crippen LogP contribution in [0.3, 0.4) is 0 Å². The molecule has 3 heterocycles. The van der Waals surface area contributed by atoms with Crippen molar-refractivity contribution in [3.8, 4) is 0 Å². The summed E-state index contributed by atoms with van der Waals surface area (Å²) in [6, 6.07) is 3.59. The second-order valence-corrected chi connectivity index (χ2v) is 6.49. The lowest BCUT2D eigenvalue weighted by Gasteiger charge is -2.24. The van der Waals surface area contributed by atoms with Gasteiger partial charge in [-0.3, -0.25) is 9.78 Å². The molecule has 2 fully saturated rings. The smallest absolute Gasteiger partial charge is 0.227 e. The second kappa shape index (κ2) is 5.51. The minimum Gasteiger partial charge on any atom is -0.355 e. The summed E-state index contributed by atoms with van der Waals surface area (Å²) in [6.45, 7) is 2.02. The van der Waals surface area contributed by atoms with E-state index in [1.54, 1.807) is 23.5 Å². The summed E-state index contributed by atoms with van der Waals surface area (Å²) in [5, 5.41) is 0. The van der Waals surface area contributed by atoms with Gasteiger partial charge in [0, 0.05) is 55.6 Å². The van der Waals surface area contributed by atoms with Gasteiger partial charge >= 0.3 is 0 Å². The van der Waals surface area contributed by atoms with E-state index in [0.29, 0.717) is 25.2 Å². The minimum absolute atomic E-state index is 0.0537. The molecule has 0 saturated carbocycles. The van der Waals surface area contributed by atoms with Gasteiger partial charge in [-0.25, -0.2) is 13.8 Å². The standard InChI is InChI=1S/C17H16F2N4O/c18-13-2-1-12(7-14(13)19)23-11-17(8-16(23)24)3-6-22(10-17)15-9-20-4-5-21-15/h1-2,4-5,7,9H,3,6,8,10-11H2. The molecule has 4 rings (SSSR count). The van der Waals surface area contributed by atoms with Gasteiger partial charge in [0.05, 0.1) is 6.20 Å². The molecule has 2 aliphatic rings. The highest BCUT2D eigenvalue weighted by Gasteiger charge is 2.48. The first-order valence-corrected chi connectivity index (χ1v) is 7.83. The van der Waals surface area contributed by atoms with Crippen molar-refractivity contribution >= 4 is 17.4 Å². The molecule has 0 aliphatic carbocycles. The van der Waals surface area contributed by atoms with E-state index in [0.717, 1.165) is 30.9 Å². The van der Waals surface area contributed by atoms with Crippen LogP contribution in [-0.4, -0.2) is 35.5 Å². The van der Waals surface area contributed by atoms with Gasteiger partial charge in [-0.2, -0.15) is 0 Å². The van der Waals surface area contributed by atoms with Gasteiger partial charge in [0.25, 0.3) is 0 Å². The SMILES string of the molecule is O=C1CC2(CCN(c3cnccn3)C2)CN1c1ccc(F)c(F)c1. The molecule has 2 aromatic rings. The van der Waals surface area contributed by atoms with Crippen molar-refractivity contribution in [1.29, 1.82) is 0 Å². The third-order valence-electron chi connectivity index (χ3n) is 4.85. The zero-order valence-electron chi connectivity index (χ0n) is 13.0. The number of carbonyl (C=O) groups excluding carboxylic acids is 1. The fraction of sp³-hybridized carbons (Fsp3) is 0.353. The molecule has 5 nitrogen and oxygen atoms in total. The Hall–Kier alpha value is -2.57. The van der Waals surface area contributed by atoms with Crippen LogP contribution < -0.4 is 9.80 Å². The van der Waals surface area contributed by atoms with Crippen molar-refractivity contribution in [2.75, 3.05) is 29.4 Å². The number of hydrogen-bond acceptors (Lipinski definition) is 4. The predicted molar refractivity (Wildman–Crippen MR) is 84.6 cm³/mol. The van der Waals surface area contributed by atoms with Crippen LogP contribution in [0.25, 0.3) is 0 Å². The first kappa shape index (κ1) is 15.0. The monoisotopic (exact) mass is 330 g/mol. The Bertz CT molecular complexity index is 785. The maximum absolute atomic E-state index is 13.5. The fourth-order valence-electron chi connectivity index (χ4n) is 3.64. The zero-order chi connectivity index (χ0) is 16.7. The van der Waals surface area contributed by atoms with Crippen LogP contribution in [0.15, 0.2) is 36.8 Å². The van der Waals surface area contributed by atoms with Crippen molar-refractivity contribution in [2.45, 2.75) is 12.8 Å². The van der Waals surface area contributed by atoms with Crippen molar-refractivity contribution in [2.24, 2.45) is 5.41 Å². The first-order chi connectivity index (χ1) is 11.6. The van der Waals surface area contributed by atoms with Gasteiger partial charge in [-0.1, -0.05) is 0 Å². The molecule has 7 heteroatoms. The lowest BCUT2D eigenvalue weighted by atomic mass is 9.86. The molecule has 1 aromatic heterocycles. The summed E-state index contributed by atoms with van der Waals surface area (Å²) in [4.78, 5) is 24.5. The summed E-state index contributed by atoms with van der Waals surface area (Å²) in [7, 11) is 0. The van der Waals surface area contributed by atoms with Gasteiger partial charge in [-0.15, -0.1) is 0 Å². The van der Waals surface area contributed by atoms with E-state index in [4.69, 9.17) is 0 Å². The molecule has 124 valence electrons. The summed E-state index contributed by atoms with van der Waals surface area (Å²) in [5.74, 6) is -1.10. The summed E-state index contributed by atoms with van der Waals surface area (Å²) in [6.07, 6.45) is 6.24. The Labute approximate surface area is 137 Å². The maximum atomic E-state index is 13.5. The van der Waals surface area contributed by atoms with E-state index in [1.165, 1.54) is 6.07 Å². The van der Waals surface area contributed by atoms with E-state index < -0.39 is 11.6 Å². The van der Waals surface area contributed by atoms with Crippen LogP contribution in [0.1, 0.15) is 12.8 Å². The first-order valence-electron chi connectivity index (χ1n) is 7.83. The van der Waals surface area contributed by atoms with E-state index in [9.17, 15) is 13.6 Å². The van der Waals surface area contributed by atoms with Gasteiger partial charge in [0.1, 0.15) is 5.82 Å². The summed E-state index contributed by atoms with van der Waals surface area (Å²) >= 11 is 0. The van der Waals surface area contributed by atoms with Crippen molar-refractivity contribution in [3.05, 3.63) is 48.4 Å². The van der Waals surface area contributed by atoms with E-state index in [-0.39, 0.29) is 11.3 Å². The third-order valence-corrected chi connectivity index (χ3v) is 4.85. The molecule has 1 spiro atoms. The maximum Gasteiger partial charge on any atom is 0.227 e. The number of amides is 1. The van der Waals surface area contributed by atoms with Gasteiger partial charge in [-0.05, 0) is 18.6 Å². The molecular weight excluding hydrogens is 314 g/mol. The van der Waals surface area contributed by atoms with E-state index in [1.807, 2.05) is 0 Å². The van der Waals surface area contributed by atoms with Crippen LogP contribution in [0.4, 0.5) is 20.3 Å². The normalized spacial score (nSPS) is 23.5. The highest BCUT2D eigenvalue weighted by atomic mass is 19.2. The van der Waals surface area contributed by atoms with Gasteiger partial charge < -0.3 is 9.80 Å². The van der Waals surface area contributed by atoms with Crippen LogP contribution >= 0.6 is 0 Å². The lowest BCUT2D eigenvalue weighted by molar-refractivity contribution is -0.117. The molecule has 1 unspecified atom stereocenters. The van der Waals surface area contributed by atoms with Crippen LogP contribution in [-0.2, 0) is 4.79 Å². The van der Waals surface area contributed by atoms with Crippen molar-refractivity contribution < 1.29 is 13.6 Å². The van der Waals surface area contributed by atoms with E-state index in [2.05, 4.69) is 14.9 Å². The third kappa shape index (κ3) is 2.50. The Morgan fingerprint density at radius 1 is 1.12 bits per heavy atom. The Morgan fingerprint density at radius 3 is 2.75 bits per heavy atom. The second-order valence-electron chi connectivity index (χ2n) is 6.49. The van der Waals surface area contributed by atoms with Crippen LogP contribution in [0.5, 0.6) is 0 Å². The molecule has 24 heavy (non-hydrogen) atoms. The molecule has 2 aliphatic heterocycles. The summed E-state index contributed by atoms with van der Waals surface area (Å²) in [5.41, 5.74) is 0.230. The number of benzene rings is 1. The van der Waals surface area contributed by atoms with E-state index >= 15 is 0 Å². The number of carbonyl (C=O) groups is 1. The number of halogens is 2. The number of nitrogens with zero attached hydrogens (tertiary/aromatic N) is 4. The van der Waals surface area contributed by atoms with Crippen molar-refractivity contribution in [3.63, 3.8) is 0 Å². The van der Waals surface area contributed by atoms with Gasteiger partial charge in [0.2, 0.25) is 5.91 Å². The van der Waals surface area contributed by atoms with Crippen LogP contribution in [0, 0.1) is 17.0 Å². The average Bonchev–Trinajstić information content (AvgIpc) is 3.14. The molecule has 1 atom stereocenters. The molecular formula is C17H16F2N4O. The summed E-state index contributed by atoms with van der Waals surface area (Å²) < 4.78 is 26.6. The topological polar surface area (TPSA) is 49.3 Å². The Kier molecular flexibility index (Phi) is 3.44. The zero-order valence-corrected chi connectivity index (χ0v) is 13.0. The fourth-order valence-corrected chi connectivity index (χ4v) is 3.64. The average molecular weight is 330 g/mol. The quantitative estimate of drug-likeness (QED) is 0.848. The minimum atomic E-state index is -0.936. The molecule has 1 amide bonds. The van der Waals surface area contributed by atoms with Crippen molar-refractivity contribution in [1.82, 2.24) is 9.97 Å². The highest BCUT2D eigenvalue weighted by molar-refractivity contribution is 5.96. The molecule has 2 saturated heterocycles. The highest BCUT2D eigenvalue weighted by Crippen LogP contribution is 2.42. The van der Waals surface area contributed by atoms with Crippen LogP contribution in [0.2, 0.25) is 0 Å². The largest absolute Gasteiger partial charge is 0.355 e. The number of hydrogen-bond donors (Lipinski definition) is 0. The Morgan fingerprint density at radius 2 is 2.00 bits per heavy atom. The molecule has 0 bridgehead atoms. The molecule has 1 aromatic carbocycles. The molecule has 0 N–H and O–H groups in total.